The van der Waals surface area contributed by atoms with Gasteiger partial charge in [0.15, 0.2) is 5.76 Å². The summed E-state index contributed by atoms with van der Waals surface area (Å²) in [4.78, 5) is 24.5. The van der Waals surface area contributed by atoms with Gasteiger partial charge in [-0.15, -0.1) is 0 Å². The van der Waals surface area contributed by atoms with E-state index in [0.717, 1.165) is 22.1 Å². The smallest absolute Gasteiger partial charge is 0.230 e. The highest BCUT2D eigenvalue weighted by Crippen LogP contribution is 2.34. The average molecular weight is 452 g/mol. The Kier molecular flexibility index (Phi) is 5.86. The number of ketones is 1. The molecule has 0 aliphatic carbocycles. The lowest BCUT2D eigenvalue weighted by atomic mass is 9.99. The van der Waals surface area contributed by atoms with E-state index in [1.54, 1.807) is 18.2 Å². The lowest BCUT2D eigenvalue weighted by Crippen LogP contribution is -2.05. The minimum Gasteiger partial charge on any atom is -0.452 e. The van der Waals surface area contributed by atoms with Gasteiger partial charge < -0.3 is 9.73 Å². The lowest BCUT2D eigenvalue weighted by Gasteiger charge is -2.06. The van der Waals surface area contributed by atoms with E-state index in [-0.39, 0.29) is 22.5 Å². The van der Waals surface area contributed by atoms with Crippen LogP contribution in [0.5, 0.6) is 0 Å². The number of furan rings is 1. The molecule has 4 nitrogen and oxygen atoms in total. The van der Waals surface area contributed by atoms with Crippen LogP contribution in [0.3, 0.4) is 0 Å². The topological polar surface area (TPSA) is 59.3 Å². The molecule has 3 aromatic carbocycles. The summed E-state index contributed by atoms with van der Waals surface area (Å²) < 4.78 is 6.04. The first-order chi connectivity index (χ1) is 14.9. The molecule has 4 rings (SSSR count). The molecule has 31 heavy (non-hydrogen) atoms. The van der Waals surface area contributed by atoms with Crippen molar-refractivity contribution < 1.29 is 14.0 Å². The summed E-state index contributed by atoms with van der Waals surface area (Å²) in [6.07, 6.45) is 0.636. The third-order valence-electron chi connectivity index (χ3n) is 5.04. The third kappa shape index (κ3) is 4.22. The number of carbonyl (C=O) groups excluding carboxylic acids is 2. The SMILES string of the molecule is CCc1c(C(=O)c2ccc(Cl)cc2Cl)oc2cc(-c3cccc(NC(C)=O)c3)ccc12. The Morgan fingerprint density at radius 2 is 1.74 bits per heavy atom. The van der Waals surface area contributed by atoms with Crippen molar-refractivity contribution in [2.24, 2.45) is 0 Å². The first-order valence-corrected chi connectivity index (χ1v) is 10.6. The first-order valence-electron chi connectivity index (χ1n) is 9.80. The highest BCUT2D eigenvalue weighted by Gasteiger charge is 2.23. The molecule has 0 bridgehead atoms. The maximum Gasteiger partial charge on any atom is 0.230 e. The van der Waals surface area contributed by atoms with E-state index in [2.05, 4.69) is 5.32 Å². The molecule has 0 saturated carbocycles. The molecule has 0 spiro atoms. The monoisotopic (exact) mass is 451 g/mol. The van der Waals surface area contributed by atoms with Crippen LogP contribution in [0.2, 0.25) is 10.0 Å². The second-order valence-corrected chi connectivity index (χ2v) is 8.03. The fourth-order valence-electron chi connectivity index (χ4n) is 3.64. The van der Waals surface area contributed by atoms with Gasteiger partial charge >= 0.3 is 0 Å². The van der Waals surface area contributed by atoms with Crippen molar-refractivity contribution in [2.45, 2.75) is 20.3 Å². The fourth-order valence-corrected chi connectivity index (χ4v) is 4.13. The standard InChI is InChI=1S/C25H19Cl2NO3/c1-3-19-20-9-7-16(15-5-4-6-18(11-15)28-14(2)29)12-23(20)31-25(19)24(30)21-10-8-17(26)13-22(21)27/h4-13H,3H2,1-2H3,(H,28,29). The quantitative estimate of drug-likeness (QED) is 0.327. The second-order valence-electron chi connectivity index (χ2n) is 7.19. The summed E-state index contributed by atoms with van der Waals surface area (Å²) in [6.45, 7) is 3.45. The van der Waals surface area contributed by atoms with Crippen LogP contribution in [0.1, 0.15) is 35.5 Å². The van der Waals surface area contributed by atoms with E-state index < -0.39 is 0 Å². The Balaban J connectivity index is 1.78. The summed E-state index contributed by atoms with van der Waals surface area (Å²) in [5.41, 5.74) is 4.36. The molecule has 1 aromatic heterocycles. The maximum atomic E-state index is 13.2. The molecule has 156 valence electrons. The third-order valence-corrected chi connectivity index (χ3v) is 5.59. The Bertz CT molecular complexity index is 1320. The minimum atomic E-state index is -0.274. The zero-order chi connectivity index (χ0) is 22.1. The largest absolute Gasteiger partial charge is 0.452 e. The van der Waals surface area contributed by atoms with Gasteiger partial charge in [-0.2, -0.15) is 0 Å². The van der Waals surface area contributed by atoms with Gasteiger partial charge in [0.25, 0.3) is 0 Å². The van der Waals surface area contributed by atoms with E-state index in [9.17, 15) is 9.59 Å². The number of hydrogen-bond donors (Lipinski definition) is 1. The van der Waals surface area contributed by atoms with Gasteiger partial charge in [0.05, 0.1) is 5.02 Å². The number of carbonyl (C=O) groups is 2. The van der Waals surface area contributed by atoms with Gasteiger partial charge in [-0.1, -0.05) is 54.4 Å². The predicted octanol–water partition coefficient (Wildman–Crippen LogP) is 7.16. The molecule has 0 aliphatic rings. The molecule has 1 N–H and O–H groups in total. The molecule has 1 heterocycles. The van der Waals surface area contributed by atoms with Crippen molar-refractivity contribution in [3.05, 3.63) is 87.6 Å². The van der Waals surface area contributed by atoms with Crippen molar-refractivity contribution in [1.29, 1.82) is 0 Å². The first kappa shape index (κ1) is 21.2. The van der Waals surface area contributed by atoms with Crippen LogP contribution < -0.4 is 5.32 Å². The molecule has 0 unspecified atom stereocenters. The summed E-state index contributed by atoms with van der Waals surface area (Å²) in [5.74, 6) is -0.120. The zero-order valence-corrected chi connectivity index (χ0v) is 18.5. The minimum absolute atomic E-state index is 0.129. The molecule has 1 amide bonds. The van der Waals surface area contributed by atoms with Crippen LogP contribution in [-0.4, -0.2) is 11.7 Å². The van der Waals surface area contributed by atoms with Gasteiger partial charge in [0.1, 0.15) is 5.58 Å². The fraction of sp³-hybridized carbons (Fsp3) is 0.120. The van der Waals surface area contributed by atoms with Crippen molar-refractivity contribution in [2.75, 3.05) is 5.32 Å². The number of anilines is 1. The van der Waals surface area contributed by atoms with Crippen LogP contribution >= 0.6 is 23.2 Å². The van der Waals surface area contributed by atoms with E-state index in [4.69, 9.17) is 27.6 Å². The Hall–Kier alpha value is -3.08. The molecule has 0 radical (unpaired) electrons. The summed E-state index contributed by atoms with van der Waals surface area (Å²) in [6, 6.07) is 18.2. The molecule has 0 aliphatic heterocycles. The highest BCUT2D eigenvalue weighted by atomic mass is 35.5. The van der Waals surface area contributed by atoms with Crippen molar-refractivity contribution in [3.8, 4) is 11.1 Å². The van der Waals surface area contributed by atoms with Crippen molar-refractivity contribution >= 4 is 51.5 Å². The van der Waals surface area contributed by atoms with Gasteiger partial charge in [-0.05, 0) is 53.9 Å². The Morgan fingerprint density at radius 1 is 0.968 bits per heavy atom. The molecule has 6 heteroatoms. The predicted molar refractivity (Wildman–Crippen MR) is 125 cm³/mol. The lowest BCUT2D eigenvalue weighted by molar-refractivity contribution is -0.114. The molecular weight excluding hydrogens is 433 g/mol. The van der Waals surface area contributed by atoms with E-state index in [0.29, 0.717) is 28.3 Å². The van der Waals surface area contributed by atoms with Crippen molar-refractivity contribution in [3.63, 3.8) is 0 Å². The Labute approximate surface area is 189 Å². The number of nitrogens with one attached hydrogen (secondary N) is 1. The maximum absolute atomic E-state index is 13.2. The van der Waals surface area contributed by atoms with E-state index in [1.807, 2.05) is 49.4 Å². The van der Waals surface area contributed by atoms with Crippen LogP contribution in [-0.2, 0) is 11.2 Å². The number of amides is 1. The van der Waals surface area contributed by atoms with Crippen LogP contribution in [0.15, 0.2) is 65.1 Å². The molecule has 4 aromatic rings. The normalized spacial score (nSPS) is 11.0. The number of halogens is 2. The highest BCUT2D eigenvalue weighted by molar-refractivity contribution is 6.37. The van der Waals surface area contributed by atoms with Crippen molar-refractivity contribution in [1.82, 2.24) is 0 Å². The van der Waals surface area contributed by atoms with E-state index in [1.165, 1.54) is 6.92 Å². The van der Waals surface area contributed by atoms with E-state index >= 15 is 0 Å². The number of fused-ring (bicyclic) bond motifs is 1. The number of hydrogen-bond acceptors (Lipinski definition) is 3. The van der Waals surface area contributed by atoms with Gasteiger partial charge in [-0.3, -0.25) is 9.59 Å². The Morgan fingerprint density at radius 3 is 2.45 bits per heavy atom. The zero-order valence-electron chi connectivity index (χ0n) is 17.0. The summed E-state index contributed by atoms with van der Waals surface area (Å²) in [7, 11) is 0. The van der Waals surface area contributed by atoms with Crippen LogP contribution in [0.25, 0.3) is 22.1 Å². The average Bonchev–Trinajstić information content (AvgIpc) is 3.11. The number of benzene rings is 3. The van der Waals surface area contributed by atoms with Gasteiger partial charge in [0.2, 0.25) is 11.7 Å². The van der Waals surface area contributed by atoms with Gasteiger partial charge in [0, 0.05) is 34.1 Å². The molecule has 0 fully saturated rings. The van der Waals surface area contributed by atoms with Gasteiger partial charge in [-0.25, -0.2) is 0 Å². The number of aryl methyl sites for hydroxylation is 1. The number of rotatable bonds is 5. The summed E-state index contributed by atoms with van der Waals surface area (Å²) >= 11 is 12.2. The molecule has 0 atom stereocenters. The van der Waals surface area contributed by atoms with Crippen LogP contribution in [0.4, 0.5) is 5.69 Å². The summed E-state index contributed by atoms with van der Waals surface area (Å²) in [5, 5.41) is 4.43. The van der Waals surface area contributed by atoms with Crippen LogP contribution in [0, 0.1) is 0 Å². The molecular formula is C25H19Cl2NO3. The molecule has 0 saturated heterocycles. The second kappa shape index (κ2) is 8.58.